The Kier molecular flexibility index (Phi) is 6.07. The van der Waals surface area contributed by atoms with Crippen molar-refractivity contribution in [1.29, 1.82) is 0 Å². The van der Waals surface area contributed by atoms with E-state index in [0.717, 1.165) is 12.1 Å². The fraction of sp³-hybridized carbons (Fsp3) is 0.133. The Morgan fingerprint density at radius 1 is 1.20 bits per heavy atom. The van der Waals surface area contributed by atoms with Crippen molar-refractivity contribution >= 4 is 33.3 Å². The SMILES string of the molecule is O=C(CNS(=O)(=O)c1cccc([N+](=O)[O-])c1)OCc1ccccc1Cl. The first-order valence-corrected chi connectivity index (χ1v) is 8.79. The van der Waals surface area contributed by atoms with E-state index in [0.29, 0.717) is 10.6 Å². The van der Waals surface area contributed by atoms with Crippen LogP contribution < -0.4 is 4.72 Å². The lowest BCUT2D eigenvalue weighted by molar-refractivity contribution is -0.385. The van der Waals surface area contributed by atoms with Crippen LogP contribution in [0.4, 0.5) is 5.69 Å². The van der Waals surface area contributed by atoms with Gasteiger partial charge in [-0.05, 0) is 12.1 Å². The van der Waals surface area contributed by atoms with Crippen LogP contribution in [0.1, 0.15) is 5.56 Å². The highest BCUT2D eigenvalue weighted by atomic mass is 35.5. The minimum Gasteiger partial charge on any atom is -0.460 e. The van der Waals surface area contributed by atoms with E-state index in [-0.39, 0.29) is 17.2 Å². The first kappa shape index (κ1) is 18.8. The van der Waals surface area contributed by atoms with E-state index in [2.05, 4.69) is 0 Å². The zero-order chi connectivity index (χ0) is 18.4. The van der Waals surface area contributed by atoms with E-state index in [4.69, 9.17) is 16.3 Å². The lowest BCUT2D eigenvalue weighted by Crippen LogP contribution is -2.30. The zero-order valence-electron chi connectivity index (χ0n) is 12.7. The number of halogens is 1. The Bertz CT molecular complexity index is 900. The fourth-order valence-electron chi connectivity index (χ4n) is 1.83. The minimum absolute atomic E-state index is 0.100. The van der Waals surface area contributed by atoms with Crippen molar-refractivity contribution in [3.63, 3.8) is 0 Å². The van der Waals surface area contributed by atoms with Gasteiger partial charge in [-0.25, -0.2) is 8.42 Å². The molecule has 132 valence electrons. The van der Waals surface area contributed by atoms with Crippen LogP contribution in [0.3, 0.4) is 0 Å². The van der Waals surface area contributed by atoms with Crippen LogP contribution in [0.15, 0.2) is 53.4 Å². The number of nitrogens with zero attached hydrogens (tertiary/aromatic N) is 1. The maximum atomic E-state index is 12.1. The van der Waals surface area contributed by atoms with Crippen molar-refractivity contribution in [3.05, 3.63) is 69.2 Å². The molecule has 0 aromatic heterocycles. The van der Waals surface area contributed by atoms with Crippen LogP contribution in [0.2, 0.25) is 5.02 Å². The molecule has 0 bridgehead atoms. The highest BCUT2D eigenvalue weighted by molar-refractivity contribution is 7.89. The second-order valence-corrected chi connectivity index (χ2v) is 7.01. The number of ether oxygens (including phenoxy) is 1. The number of sulfonamides is 1. The van der Waals surface area contributed by atoms with Crippen LogP contribution in [-0.4, -0.2) is 25.9 Å². The Morgan fingerprint density at radius 3 is 2.60 bits per heavy atom. The first-order chi connectivity index (χ1) is 11.8. The molecule has 0 saturated carbocycles. The minimum atomic E-state index is -4.08. The molecule has 0 heterocycles. The summed E-state index contributed by atoms with van der Waals surface area (Å²) in [5, 5.41) is 11.1. The van der Waals surface area contributed by atoms with Gasteiger partial charge in [-0.1, -0.05) is 35.9 Å². The van der Waals surface area contributed by atoms with Gasteiger partial charge >= 0.3 is 5.97 Å². The lowest BCUT2D eigenvalue weighted by atomic mass is 10.2. The molecule has 0 aliphatic rings. The van der Waals surface area contributed by atoms with Gasteiger partial charge in [0.25, 0.3) is 5.69 Å². The number of carbonyl (C=O) groups excluding carboxylic acids is 1. The van der Waals surface area contributed by atoms with Crippen molar-refractivity contribution in [1.82, 2.24) is 4.72 Å². The number of carbonyl (C=O) groups is 1. The molecule has 0 spiro atoms. The monoisotopic (exact) mass is 384 g/mol. The van der Waals surface area contributed by atoms with E-state index in [1.54, 1.807) is 24.3 Å². The van der Waals surface area contributed by atoms with Gasteiger partial charge in [0.15, 0.2) is 0 Å². The van der Waals surface area contributed by atoms with E-state index in [1.807, 2.05) is 4.72 Å². The number of hydrogen-bond donors (Lipinski definition) is 1. The number of esters is 1. The van der Waals surface area contributed by atoms with Crippen LogP contribution in [-0.2, 0) is 26.2 Å². The normalized spacial score (nSPS) is 11.1. The van der Waals surface area contributed by atoms with Gasteiger partial charge in [-0.3, -0.25) is 14.9 Å². The van der Waals surface area contributed by atoms with E-state index in [1.165, 1.54) is 12.1 Å². The Hall–Kier alpha value is -2.49. The largest absolute Gasteiger partial charge is 0.460 e. The van der Waals surface area contributed by atoms with E-state index in [9.17, 15) is 23.3 Å². The summed E-state index contributed by atoms with van der Waals surface area (Å²) in [7, 11) is -4.08. The number of rotatable bonds is 7. The smallest absolute Gasteiger partial charge is 0.321 e. The van der Waals surface area contributed by atoms with E-state index >= 15 is 0 Å². The summed E-state index contributed by atoms with van der Waals surface area (Å²) >= 11 is 5.92. The molecule has 25 heavy (non-hydrogen) atoms. The Balaban J connectivity index is 1.95. The summed E-state index contributed by atoms with van der Waals surface area (Å²) in [6.45, 7) is -0.716. The molecule has 2 aromatic carbocycles. The Labute approximate surface area is 148 Å². The van der Waals surface area contributed by atoms with Gasteiger partial charge in [-0.15, -0.1) is 0 Å². The molecule has 0 amide bonds. The third kappa shape index (κ3) is 5.24. The summed E-state index contributed by atoms with van der Waals surface area (Å²) in [4.78, 5) is 21.3. The van der Waals surface area contributed by atoms with Crippen molar-refractivity contribution in [2.45, 2.75) is 11.5 Å². The molecule has 0 atom stereocenters. The molecule has 0 saturated heterocycles. The summed E-state index contributed by atoms with van der Waals surface area (Å²) in [5.41, 5.74) is 0.211. The van der Waals surface area contributed by atoms with E-state index < -0.39 is 27.5 Å². The molecular formula is C15H13ClN2O6S. The van der Waals surface area contributed by atoms with Crippen molar-refractivity contribution in [2.24, 2.45) is 0 Å². The van der Waals surface area contributed by atoms with Crippen molar-refractivity contribution in [2.75, 3.05) is 6.54 Å². The number of benzene rings is 2. The number of non-ortho nitro benzene ring substituents is 1. The van der Waals surface area contributed by atoms with Crippen LogP contribution in [0.5, 0.6) is 0 Å². The van der Waals surface area contributed by atoms with Gasteiger partial charge in [0, 0.05) is 22.7 Å². The second-order valence-electron chi connectivity index (χ2n) is 4.83. The number of hydrogen-bond acceptors (Lipinski definition) is 6. The van der Waals surface area contributed by atoms with Gasteiger partial charge in [0.2, 0.25) is 10.0 Å². The molecule has 10 heteroatoms. The average molecular weight is 385 g/mol. The van der Waals surface area contributed by atoms with Crippen molar-refractivity contribution < 1.29 is 22.9 Å². The molecule has 1 N–H and O–H groups in total. The molecule has 0 aliphatic carbocycles. The number of nitro groups is 1. The molecular weight excluding hydrogens is 372 g/mol. The van der Waals surface area contributed by atoms with Gasteiger partial charge < -0.3 is 4.74 Å². The van der Waals surface area contributed by atoms with Gasteiger partial charge in [0.05, 0.1) is 9.82 Å². The molecule has 0 unspecified atom stereocenters. The molecule has 0 radical (unpaired) electrons. The zero-order valence-corrected chi connectivity index (χ0v) is 14.3. The predicted molar refractivity (Wildman–Crippen MR) is 89.5 cm³/mol. The summed E-state index contributed by atoms with van der Waals surface area (Å²) in [6.07, 6.45) is 0. The average Bonchev–Trinajstić information content (AvgIpc) is 2.59. The number of nitro benzene ring substituents is 1. The Morgan fingerprint density at radius 2 is 1.92 bits per heavy atom. The first-order valence-electron chi connectivity index (χ1n) is 6.93. The second kappa shape index (κ2) is 8.06. The highest BCUT2D eigenvalue weighted by Crippen LogP contribution is 2.17. The topological polar surface area (TPSA) is 116 Å². The highest BCUT2D eigenvalue weighted by Gasteiger charge is 2.19. The number of nitrogens with one attached hydrogen (secondary N) is 1. The molecule has 2 rings (SSSR count). The predicted octanol–water partition coefficient (Wildman–Crippen LogP) is 2.27. The maximum absolute atomic E-state index is 12.1. The van der Waals surface area contributed by atoms with Crippen LogP contribution in [0, 0.1) is 10.1 Å². The quantitative estimate of drug-likeness (QED) is 0.444. The maximum Gasteiger partial charge on any atom is 0.321 e. The lowest BCUT2D eigenvalue weighted by Gasteiger charge is -2.08. The molecule has 0 aliphatic heterocycles. The molecule has 0 fully saturated rings. The van der Waals surface area contributed by atoms with Gasteiger partial charge in [-0.2, -0.15) is 4.72 Å². The fourth-order valence-corrected chi connectivity index (χ4v) is 3.02. The third-order valence-electron chi connectivity index (χ3n) is 3.09. The van der Waals surface area contributed by atoms with Gasteiger partial charge in [0.1, 0.15) is 13.2 Å². The van der Waals surface area contributed by atoms with Crippen molar-refractivity contribution in [3.8, 4) is 0 Å². The molecule has 8 nitrogen and oxygen atoms in total. The van der Waals surface area contributed by atoms with Crippen LogP contribution >= 0.6 is 11.6 Å². The third-order valence-corrected chi connectivity index (χ3v) is 4.86. The van der Waals surface area contributed by atoms with Crippen LogP contribution in [0.25, 0.3) is 0 Å². The summed E-state index contributed by atoms with van der Waals surface area (Å²) in [6, 6.07) is 11.2. The molecule has 2 aromatic rings. The summed E-state index contributed by atoms with van der Waals surface area (Å²) in [5.74, 6) is -0.811. The standard InChI is InChI=1S/C15H13ClN2O6S/c16-14-7-2-1-4-11(14)10-24-15(19)9-17-25(22,23)13-6-3-5-12(8-13)18(20)21/h1-8,17H,9-10H2. The summed E-state index contributed by atoms with van der Waals surface area (Å²) < 4.78 is 31.1.